The third kappa shape index (κ3) is 7.35. The standard InChI is InChI=1S/C36H42N2O4S2/c1-3-24-11-13-29(39)21-30(40)14-12-26-20-33(42-2)32(41)19-27(26)17-25-18-31(35(37)38-22-25)34(44-43-23-24)36(15-7-8-16-36)28-9-5-4-6-10-28/h4-6,9-10,12,14,18-20,22,24,34,41H,3,7-8,11,13,15-17,21,23H2,1-2H3,(H2,37,38)/b14-12+/t24-,34-/m1/s1. The highest BCUT2D eigenvalue weighted by atomic mass is 33.1. The number of nitrogens with two attached hydrogens (primary N) is 1. The Hall–Kier alpha value is -3.23. The van der Waals surface area contributed by atoms with E-state index in [0.717, 1.165) is 53.7 Å². The topological polar surface area (TPSA) is 103 Å². The van der Waals surface area contributed by atoms with Crippen LogP contribution in [-0.2, 0) is 21.4 Å². The van der Waals surface area contributed by atoms with Gasteiger partial charge in [0.2, 0.25) is 0 Å². The van der Waals surface area contributed by atoms with E-state index < -0.39 is 0 Å². The molecule has 44 heavy (non-hydrogen) atoms. The van der Waals surface area contributed by atoms with E-state index in [1.54, 1.807) is 18.2 Å². The lowest BCUT2D eigenvalue weighted by molar-refractivity contribution is -0.124. The second kappa shape index (κ2) is 14.7. The van der Waals surface area contributed by atoms with Crippen LogP contribution in [0.5, 0.6) is 11.5 Å². The number of nitrogen functional groups attached to an aromatic ring is 1. The predicted molar refractivity (Wildman–Crippen MR) is 182 cm³/mol. The van der Waals surface area contributed by atoms with Gasteiger partial charge < -0.3 is 15.6 Å². The van der Waals surface area contributed by atoms with Crippen LogP contribution in [0.3, 0.4) is 0 Å². The van der Waals surface area contributed by atoms with Crippen molar-refractivity contribution in [1.82, 2.24) is 4.98 Å². The first-order valence-corrected chi connectivity index (χ1v) is 17.9. The van der Waals surface area contributed by atoms with E-state index in [9.17, 15) is 14.7 Å². The molecule has 0 unspecified atom stereocenters. The van der Waals surface area contributed by atoms with Crippen molar-refractivity contribution in [2.75, 3.05) is 18.6 Å². The highest BCUT2D eigenvalue weighted by molar-refractivity contribution is 8.76. The Bertz CT molecular complexity index is 1500. The van der Waals surface area contributed by atoms with Crippen molar-refractivity contribution in [3.8, 4) is 11.5 Å². The van der Waals surface area contributed by atoms with Crippen LogP contribution in [0.2, 0.25) is 0 Å². The fraction of sp³-hybridized carbons (Fsp3) is 0.417. The number of carbonyl (C=O) groups is 2. The van der Waals surface area contributed by atoms with Crippen LogP contribution in [0.25, 0.3) is 6.08 Å². The van der Waals surface area contributed by atoms with E-state index in [1.165, 1.54) is 31.6 Å². The quantitative estimate of drug-likeness (QED) is 0.219. The van der Waals surface area contributed by atoms with E-state index in [2.05, 4.69) is 43.3 Å². The van der Waals surface area contributed by atoms with Gasteiger partial charge in [-0.25, -0.2) is 4.98 Å². The summed E-state index contributed by atoms with van der Waals surface area (Å²) in [5.74, 6) is 1.94. The van der Waals surface area contributed by atoms with Crippen LogP contribution >= 0.6 is 21.6 Å². The van der Waals surface area contributed by atoms with Crippen molar-refractivity contribution < 1.29 is 19.4 Å². The van der Waals surface area contributed by atoms with Gasteiger partial charge in [0.1, 0.15) is 11.6 Å². The third-order valence-corrected chi connectivity index (χ3v) is 12.2. The Labute approximate surface area is 268 Å². The normalized spacial score (nSPS) is 22.0. The Balaban J connectivity index is 1.62. The summed E-state index contributed by atoms with van der Waals surface area (Å²) in [6.07, 6.45) is 12.0. The minimum atomic E-state index is -0.228. The highest BCUT2D eigenvalue weighted by Gasteiger charge is 2.45. The largest absolute Gasteiger partial charge is 0.504 e. The second-order valence-corrected chi connectivity index (χ2v) is 14.6. The van der Waals surface area contributed by atoms with Crippen molar-refractivity contribution in [3.05, 3.63) is 88.6 Å². The number of hydrogen-bond acceptors (Lipinski definition) is 8. The SMILES string of the molecule is CC[C@@H]1CCC(=O)CC(=O)/C=C/c2cc(OC)c(O)cc2Cc2cnc(N)c(c2)[C@H](C2(c3ccccc3)CCCC2)SSC1. The van der Waals surface area contributed by atoms with Crippen LogP contribution in [0.4, 0.5) is 5.82 Å². The van der Waals surface area contributed by atoms with Gasteiger partial charge in [-0.15, -0.1) is 0 Å². The zero-order chi connectivity index (χ0) is 31.1. The number of pyridine rings is 1. The van der Waals surface area contributed by atoms with E-state index >= 15 is 0 Å². The lowest BCUT2D eigenvalue weighted by atomic mass is 9.73. The molecule has 1 aliphatic carbocycles. The van der Waals surface area contributed by atoms with Crippen LogP contribution in [0.1, 0.15) is 91.4 Å². The molecule has 0 amide bonds. The van der Waals surface area contributed by atoms with Gasteiger partial charge in [-0.3, -0.25) is 9.59 Å². The minimum absolute atomic E-state index is 0.0243. The molecule has 5 rings (SSSR count). The smallest absolute Gasteiger partial charge is 0.163 e. The minimum Gasteiger partial charge on any atom is -0.504 e. The molecule has 3 N–H and O–H groups in total. The second-order valence-electron chi connectivity index (χ2n) is 12.0. The summed E-state index contributed by atoms with van der Waals surface area (Å²) >= 11 is 0. The van der Waals surface area contributed by atoms with Crippen LogP contribution < -0.4 is 10.5 Å². The summed E-state index contributed by atoms with van der Waals surface area (Å²) in [4.78, 5) is 30.2. The van der Waals surface area contributed by atoms with Gasteiger partial charge in [0.05, 0.1) is 18.8 Å². The van der Waals surface area contributed by atoms with Crippen LogP contribution in [-0.4, -0.2) is 34.5 Å². The van der Waals surface area contributed by atoms with Crippen molar-refractivity contribution in [2.45, 2.75) is 75.4 Å². The Morgan fingerprint density at radius 2 is 1.84 bits per heavy atom. The molecule has 8 heteroatoms. The number of Topliss-reactive ketones (excluding diaryl/α,β-unsaturated/α-hetero) is 1. The summed E-state index contributed by atoms with van der Waals surface area (Å²) in [5, 5.41) is 10.7. The molecule has 2 aliphatic rings. The maximum Gasteiger partial charge on any atom is 0.163 e. The molecule has 0 spiro atoms. The summed E-state index contributed by atoms with van der Waals surface area (Å²) in [6.45, 7) is 2.18. The van der Waals surface area contributed by atoms with Crippen molar-refractivity contribution in [3.63, 3.8) is 0 Å². The monoisotopic (exact) mass is 630 g/mol. The molecule has 0 saturated heterocycles. The van der Waals surface area contributed by atoms with E-state index in [0.29, 0.717) is 30.3 Å². The molecule has 3 aromatic rings. The molecule has 1 fully saturated rings. The van der Waals surface area contributed by atoms with Gasteiger partial charge in [-0.1, -0.05) is 84.2 Å². The van der Waals surface area contributed by atoms with Crippen molar-refractivity contribution in [1.29, 1.82) is 0 Å². The van der Waals surface area contributed by atoms with Gasteiger partial charge in [0.15, 0.2) is 17.3 Å². The predicted octanol–water partition coefficient (Wildman–Crippen LogP) is 8.26. The van der Waals surface area contributed by atoms with Gasteiger partial charge in [-0.2, -0.15) is 0 Å². The molecule has 232 valence electrons. The molecule has 2 heterocycles. The van der Waals surface area contributed by atoms with E-state index in [4.69, 9.17) is 15.5 Å². The van der Waals surface area contributed by atoms with E-state index in [-0.39, 0.29) is 34.4 Å². The fourth-order valence-corrected chi connectivity index (χ4v) is 10.3. The van der Waals surface area contributed by atoms with Gasteiger partial charge in [0, 0.05) is 29.3 Å². The van der Waals surface area contributed by atoms with Gasteiger partial charge >= 0.3 is 0 Å². The molecule has 2 bridgehead atoms. The summed E-state index contributed by atoms with van der Waals surface area (Å²) in [7, 11) is 5.26. The number of fused-ring (bicyclic) bond motifs is 3. The van der Waals surface area contributed by atoms with Crippen LogP contribution in [0, 0.1) is 5.92 Å². The molecule has 1 aliphatic heterocycles. The Morgan fingerprint density at radius 1 is 1.07 bits per heavy atom. The molecule has 2 atom stereocenters. The maximum atomic E-state index is 12.8. The first-order chi connectivity index (χ1) is 21.3. The lowest BCUT2D eigenvalue weighted by Gasteiger charge is -2.38. The fourth-order valence-electron chi connectivity index (χ4n) is 6.58. The number of rotatable bonds is 4. The molecule has 1 aromatic heterocycles. The van der Waals surface area contributed by atoms with Crippen molar-refractivity contribution >= 4 is 45.0 Å². The number of carbonyl (C=O) groups excluding carboxylic acids is 2. The molecular weight excluding hydrogens is 589 g/mol. The first kappa shape index (κ1) is 32.2. The maximum absolute atomic E-state index is 12.8. The molecule has 6 nitrogen and oxygen atoms in total. The number of methoxy groups -OCH3 is 1. The molecule has 0 radical (unpaired) electrons. The van der Waals surface area contributed by atoms with Gasteiger partial charge in [-0.05, 0) is 78.1 Å². The number of benzene rings is 2. The zero-order valence-electron chi connectivity index (χ0n) is 25.6. The number of aromatic nitrogens is 1. The number of ether oxygens (including phenoxy) is 1. The number of phenols is 1. The number of allylic oxidation sites excluding steroid dienone is 1. The number of phenolic OH excluding ortho intramolecular Hbond substituents is 1. The summed E-state index contributed by atoms with van der Waals surface area (Å²) < 4.78 is 5.37. The summed E-state index contributed by atoms with van der Waals surface area (Å²) in [5.41, 5.74) is 11.6. The molecular formula is C36H42N2O4S2. The third-order valence-electron chi connectivity index (χ3n) is 9.17. The average Bonchev–Trinajstić information content (AvgIpc) is 3.52. The zero-order valence-corrected chi connectivity index (χ0v) is 27.2. The number of nitrogens with zero attached hydrogens (tertiary/aromatic N) is 1. The summed E-state index contributed by atoms with van der Waals surface area (Å²) in [6, 6.07) is 16.5. The molecule has 2 aromatic carbocycles. The van der Waals surface area contributed by atoms with Crippen molar-refractivity contribution in [2.24, 2.45) is 5.92 Å². The van der Waals surface area contributed by atoms with Gasteiger partial charge in [0.25, 0.3) is 0 Å². The first-order valence-electron chi connectivity index (χ1n) is 15.5. The Morgan fingerprint density at radius 3 is 2.57 bits per heavy atom. The average molecular weight is 631 g/mol. The molecule has 1 saturated carbocycles. The Kier molecular flexibility index (Phi) is 10.7. The number of anilines is 1. The number of hydrogen-bond donors (Lipinski definition) is 2. The van der Waals surface area contributed by atoms with Crippen LogP contribution in [0.15, 0.2) is 60.8 Å². The van der Waals surface area contributed by atoms with E-state index in [1.807, 2.05) is 27.8 Å². The number of ketones is 2. The lowest BCUT2D eigenvalue weighted by Crippen LogP contribution is -2.29. The number of aromatic hydroxyl groups is 1. The highest BCUT2D eigenvalue weighted by Crippen LogP contribution is 2.59.